The maximum absolute atomic E-state index is 13.2. The summed E-state index contributed by atoms with van der Waals surface area (Å²) in [5.74, 6) is -1.23. The predicted molar refractivity (Wildman–Crippen MR) is 103 cm³/mol. The molecule has 1 atom stereocenters. The van der Waals surface area contributed by atoms with E-state index in [4.69, 9.17) is 9.47 Å². The number of nitrogens with one attached hydrogen (secondary N) is 1. The van der Waals surface area contributed by atoms with Crippen LogP contribution in [0.4, 0.5) is 14.9 Å². The lowest BCUT2D eigenvalue weighted by Crippen LogP contribution is -2.35. The number of rotatable bonds is 6. The smallest absolute Gasteiger partial charge is 0.412 e. The van der Waals surface area contributed by atoms with E-state index in [-0.39, 0.29) is 13.2 Å². The van der Waals surface area contributed by atoms with Crippen LogP contribution in [0, 0.1) is 5.82 Å². The van der Waals surface area contributed by atoms with Crippen LogP contribution in [0.25, 0.3) is 0 Å². The van der Waals surface area contributed by atoms with Crippen LogP contribution in [0.3, 0.4) is 0 Å². The number of hydrogen-bond donors (Lipinski definition) is 1. The molecule has 7 nitrogen and oxygen atoms in total. The zero-order valence-corrected chi connectivity index (χ0v) is 16.4. The van der Waals surface area contributed by atoms with Gasteiger partial charge >= 0.3 is 12.1 Å². The first-order valence-corrected chi connectivity index (χ1v) is 10.0. The molecule has 8 heteroatoms. The van der Waals surface area contributed by atoms with Crippen LogP contribution < -0.4 is 5.32 Å². The van der Waals surface area contributed by atoms with Gasteiger partial charge in [-0.2, -0.15) is 5.10 Å². The van der Waals surface area contributed by atoms with E-state index in [2.05, 4.69) is 16.5 Å². The minimum atomic E-state index is -1.22. The Labute approximate surface area is 168 Å². The molecule has 0 radical (unpaired) electrons. The van der Waals surface area contributed by atoms with Crippen LogP contribution in [0.2, 0.25) is 0 Å². The van der Waals surface area contributed by atoms with Gasteiger partial charge in [0.1, 0.15) is 0 Å². The van der Waals surface area contributed by atoms with E-state index in [1.165, 1.54) is 26.9 Å². The normalized spacial score (nSPS) is 15.5. The maximum Gasteiger partial charge on any atom is 0.412 e. The molecule has 1 heterocycles. The van der Waals surface area contributed by atoms with Gasteiger partial charge in [0.2, 0.25) is 6.10 Å². The number of nitrogens with zero attached hydrogens (tertiary/aromatic N) is 2. The van der Waals surface area contributed by atoms with Gasteiger partial charge in [-0.15, -0.1) is 0 Å². The molecule has 154 valence electrons. The van der Waals surface area contributed by atoms with E-state index >= 15 is 0 Å². The van der Waals surface area contributed by atoms with Crippen LogP contribution in [-0.4, -0.2) is 34.6 Å². The first-order valence-electron chi connectivity index (χ1n) is 10.0. The molecule has 0 aliphatic heterocycles. The summed E-state index contributed by atoms with van der Waals surface area (Å²) < 4.78 is 24.8. The number of hydrogen-bond acceptors (Lipinski definition) is 5. The van der Waals surface area contributed by atoms with Gasteiger partial charge in [0.25, 0.3) is 0 Å². The fourth-order valence-corrected chi connectivity index (χ4v) is 4.23. The van der Waals surface area contributed by atoms with E-state index in [0.717, 1.165) is 56.6 Å². The second kappa shape index (κ2) is 8.23. The number of benzene rings is 1. The van der Waals surface area contributed by atoms with Gasteiger partial charge in [-0.25, -0.2) is 14.0 Å². The average molecular weight is 401 g/mol. The first kappa shape index (κ1) is 19.4. The highest BCUT2D eigenvalue weighted by atomic mass is 19.1. The summed E-state index contributed by atoms with van der Waals surface area (Å²) in [4.78, 5) is 24.9. The second-order valence-electron chi connectivity index (χ2n) is 7.39. The third kappa shape index (κ3) is 4.11. The largest absolute Gasteiger partial charge is 0.463 e. The minimum absolute atomic E-state index is 0.124. The van der Waals surface area contributed by atoms with Crippen molar-refractivity contribution in [3.05, 3.63) is 46.5 Å². The van der Waals surface area contributed by atoms with Crippen molar-refractivity contribution in [1.82, 2.24) is 9.78 Å². The molecule has 0 saturated carbocycles. The van der Waals surface area contributed by atoms with Gasteiger partial charge in [0, 0.05) is 0 Å². The predicted octanol–water partition coefficient (Wildman–Crippen LogP) is 3.18. The highest BCUT2D eigenvalue weighted by Gasteiger charge is 2.29. The third-order valence-electron chi connectivity index (χ3n) is 5.45. The Morgan fingerprint density at radius 3 is 2.48 bits per heavy atom. The number of amides is 1. The van der Waals surface area contributed by atoms with Crippen molar-refractivity contribution in [2.75, 3.05) is 11.9 Å². The van der Waals surface area contributed by atoms with Gasteiger partial charge in [0.05, 0.1) is 31.2 Å². The molecule has 2 aliphatic carbocycles. The summed E-state index contributed by atoms with van der Waals surface area (Å²) in [5, 5.41) is 6.69. The maximum atomic E-state index is 13.2. The van der Waals surface area contributed by atoms with Crippen molar-refractivity contribution in [2.45, 2.75) is 58.1 Å². The zero-order valence-electron chi connectivity index (χ0n) is 16.4. The number of aromatic nitrogens is 2. The Hall–Kier alpha value is -2.90. The van der Waals surface area contributed by atoms with E-state index in [1.807, 2.05) is 0 Å². The summed E-state index contributed by atoms with van der Waals surface area (Å²) in [6.07, 6.45) is 6.23. The number of halogens is 1. The Bertz CT molecular complexity index is 908. The topological polar surface area (TPSA) is 82.5 Å². The number of esters is 1. The molecule has 1 unspecified atom stereocenters. The quantitative estimate of drug-likeness (QED) is 0.752. The molecule has 2 aromatic rings. The lowest BCUT2D eigenvalue weighted by molar-refractivity contribution is -0.153. The summed E-state index contributed by atoms with van der Waals surface area (Å²) in [6.45, 7) is 1.69. The molecule has 1 N–H and O–H groups in total. The van der Waals surface area contributed by atoms with E-state index in [9.17, 15) is 14.0 Å². The van der Waals surface area contributed by atoms with Crippen molar-refractivity contribution < 1.29 is 23.5 Å². The van der Waals surface area contributed by atoms with Gasteiger partial charge in [-0.3, -0.25) is 10.00 Å². The van der Waals surface area contributed by atoms with Crippen LogP contribution in [-0.2, 0) is 46.5 Å². The summed E-state index contributed by atoms with van der Waals surface area (Å²) in [5.41, 5.74) is 5.75. The standard InChI is InChI=1S/C21H24FN3O4/c1-2-28-20(26)18(12-25-11-15(22)10-23-25)29-21(27)24-19-16-7-3-5-13(16)9-14-6-4-8-17(14)19/h9-11,18H,2-8,12H2,1H3,(H,24,27). The van der Waals surface area contributed by atoms with Crippen molar-refractivity contribution in [3.8, 4) is 0 Å². The SMILES string of the molecule is CCOC(=O)C(Cn1cc(F)cn1)OC(=O)Nc1c2c(cc3c1CCC3)CCC2. The molecule has 1 aromatic carbocycles. The lowest BCUT2D eigenvalue weighted by atomic mass is 9.99. The van der Waals surface area contributed by atoms with Gasteiger partial charge in [-0.05, 0) is 67.7 Å². The third-order valence-corrected chi connectivity index (χ3v) is 5.45. The molecule has 0 bridgehead atoms. The molecule has 0 spiro atoms. The molecular weight excluding hydrogens is 377 g/mol. The zero-order chi connectivity index (χ0) is 20.4. The number of aryl methyl sites for hydroxylation is 2. The van der Waals surface area contributed by atoms with Crippen LogP contribution >= 0.6 is 0 Å². The Kier molecular flexibility index (Phi) is 5.51. The summed E-state index contributed by atoms with van der Waals surface area (Å²) in [6, 6.07) is 2.27. The summed E-state index contributed by atoms with van der Waals surface area (Å²) in [7, 11) is 0. The van der Waals surface area contributed by atoms with Crippen molar-refractivity contribution in [1.29, 1.82) is 0 Å². The van der Waals surface area contributed by atoms with Crippen molar-refractivity contribution >= 4 is 17.7 Å². The molecule has 2 aliphatic rings. The van der Waals surface area contributed by atoms with Gasteiger partial charge in [0.15, 0.2) is 5.82 Å². The Balaban J connectivity index is 1.52. The second-order valence-corrected chi connectivity index (χ2v) is 7.39. The molecule has 0 fully saturated rings. The molecule has 29 heavy (non-hydrogen) atoms. The first-order chi connectivity index (χ1) is 14.0. The Morgan fingerprint density at radius 2 is 1.90 bits per heavy atom. The number of ether oxygens (including phenoxy) is 2. The number of fused-ring (bicyclic) bond motifs is 2. The molecule has 0 saturated heterocycles. The van der Waals surface area contributed by atoms with Crippen LogP contribution in [0.1, 0.15) is 42.0 Å². The highest BCUT2D eigenvalue weighted by molar-refractivity contribution is 5.90. The minimum Gasteiger partial charge on any atom is -0.463 e. The van der Waals surface area contributed by atoms with E-state index in [0.29, 0.717) is 0 Å². The van der Waals surface area contributed by atoms with E-state index < -0.39 is 24.0 Å². The molecule has 1 amide bonds. The lowest BCUT2D eigenvalue weighted by Gasteiger charge is -2.19. The summed E-state index contributed by atoms with van der Waals surface area (Å²) >= 11 is 0. The van der Waals surface area contributed by atoms with Crippen molar-refractivity contribution in [2.24, 2.45) is 0 Å². The molecular formula is C21H24FN3O4. The average Bonchev–Trinajstić information content (AvgIpc) is 3.42. The van der Waals surface area contributed by atoms with Crippen LogP contribution in [0.15, 0.2) is 18.5 Å². The van der Waals surface area contributed by atoms with Gasteiger partial charge < -0.3 is 9.47 Å². The molecule has 4 rings (SSSR count). The van der Waals surface area contributed by atoms with Crippen molar-refractivity contribution in [3.63, 3.8) is 0 Å². The number of carbonyl (C=O) groups excluding carboxylic acids is 2. The number of anilines is 1. The monoisotopic (exact) mass is 401 g/mol. The van der Waals surface area contributed by atoms with E-state index in [1.54, 1.807) is 6.92 Å². The van der Waals surface area contributed by atoms with Gasteiger partial charge in [-0.1, -0.05) is 6.07 Å². The molecule has 1 aromatic heterocycles. The number of carbonyl (C=O) groups is 2. The highest BCUT2D eigenvalue weighted by Crippen LogP contribution is 2.38. The fourth-order valence-electron chi connectivity index (χ4n) is 4.23. The fraction of sp³-hybridized carbons (Fsp3) is 0.476. The van der Waals surface area contributed by atoms with Crippen LogP contribution in [0.5, 0.6) is 0 Å². The Morgan fingerprint density at radius 1 is 1.21 bits per heavy atom.